The number of hydrogen-bond acceptors (Lipinski definition) is 4. The number of hydrazine groups is 1. The number of phenolic OH excluding ortho intramolecular Hbond substituents is 1. The highest BCUT2D eigenvalue weighted by Crippen LogP contribution is 2.32. The maximum Gasteiger partial charge on any atom is 0.292 e. The number of amides is 1. The van der Waals surface area contributed by atoms with E-state index in [1.165, 1.54) is 0 Å². The van der Waals surface area contributed by atoms with Crippen molar-refractivity contribution < 1.29 is 14.5 Å². The molecule has 2 aromatic rings. The van der Waals surface area contributed by atoms with Crippen LogP contribution in [0.4, 0.5) is 11.4 Å². The first-order valence-corrected chi connectivity index (χ1v) is 6.70. The lowest BCUT2D eigenvalue weighted by Gasteiger charge is -2.02. The van der Waals surface area contributed by atoms with Gasteiger partial charge in [0, 0.05) is 11.6 Å². The minimum absolute atomic E-state index is 0. The quantitative estimate of drug-likeness (QED) is 0.341. The number of aryl methyl sites for hydroxylation is 1. The van der Waals surface area contributed by atoms with Crippen molar-refractivity contribution in [3.63, 3.8) is 0 Å². The van der Waals surface area contributed by atoms with E-state index >= 15 is 0 Å². The maximum absolute atomic E-state index is 11.6. The zero-order valence-corrected chi connectivity index (χ0v) is 13.2. The number of nitrogens with one attached hydrogen (secondary N) is 1. The van der Waals surface area contributed by atoms with E-state index in [9.17, 15) is 9.90 Å². The summed E-state index contributed by atoms with van der Waals surface area (Å²) in [6, 6.07) is 10.5. The number of phenols is 1. The Bertz CT molecular complexity index is 831. The monoisotopic (exact) mass is 331 g/mol. The molecular weight excluding hydrogens is 316 g/mol. The number of fused-ring (bicyclic) bond motifs is 1. The number of hydrogen-bond donors (Lipinski definition) is 3. The summed E-state index contributed by atoms with van der Waals surface area (Å²) in [7, 11) is 0. The number of aromatic hydroxyl groups is 1. The third-order valence-electron chi connectivity index (χ3n) is 3.43. The lowest BCUT2D eigenvalue weighted by molar-refractivity contribution is -0.282. The minimum atomic E-state index is -0.368. The van der Waals surface area contributed by atoms with Crippen LogP contribution in [0.25, 0.3) is 0 Å². The topological polar surface area (TPSA) is 90.7 Å². The molecule has 0 saturated heterocycles. The second-order valence-electron chi connectivity index (χ2n) is 5.02. The molecule has 7 heteroatoms. The molecule has 1 amide bonds. The van der Waals surface area contributed by atoms with Gasteiger partial charge in [-0.15, -0.1) is 12.4 Å². The van der Waals surface area contributed by atoms with Gasteiger partial charge in [0.15, 0.2) is 5.69 Å². The van der Waals surface area contributed by atoms with Crippen LogP contribution in [0.15, 0.2) is 41.4 Å². The second-order valence-corrected chi connectivity index (χ2v) is 5.02. The molecular formula is C16H16ClN4O2+. The first-order valence-electron chi connectivity index (χ1n) is 6.70. The van der Waals surface area contributed by atoms with Crippen LogP contribution in [0.5, 0.6) is 5.75 Å². The molecule has 0 fully saturated rings. The third-order valence-corrected chi connectivity index (χ3v) is 3.43. The summed E-state index contributed by atoms with van der Waals surface area (Å²) in [5.74, 6) is 4.98. The molecule has 6 nitrogen and oxygen atoms in total. The Morgan fingerprint density at radius 1 is 1.30 bits per heavy atom. The highest BCUT2D eigenvalue weighted by Gasteiger charge is 2.22. The Hall–Kier alpha value is -2.70. The van der Waals surface area contributed by atoms with Gasteiger partial charge in [-0.25, -0.2) is 5.84 Å². The Kier molecular flexibility index (Phi) is 4.78. The van der Waals surface area contributed by atoms with Crippen LogP contribution >= 0.6 is 12.4 Å². The van der Waals surface area contributed by atoms with Gasteiger partial charge in [0.05, 0.1) is 5.56 Å². The van der Waals surface area contributed by atoms with E-state index in [4.69, 9.17) is 5.84 Å². The van der Waals surface area contributed by atoms with Crippen LogP contribution in [-0.4, -0.2) is 28.1 Å². The summed E-state index contributed by atoms with van der Waals surface area (Å²) in [5, 5.41) is 10.00. The van der Waals surface area contributed by atoms with Gasteiger partial charge >= 0.3 is 0 Å². The molecule has 0 aromatic heterocycles. The van der Waals surface area contributed by atoms with Crippen molar-refractivity contribution in [1.29, 1.82) is 0 Å². The first kappa shape index (κ1) is 16.7. The fourth-order valence-corrected chi connectivity index (χ4v) is 2.27. The van der Waals surface area contributed by atoms with Crippen molar-refractivity contribution in [3.05, 3.63) is 53.1 Å². The molecule has 23 heavy (non-hydrogen) atoms. The highest BCUT2D eigenvalue weighted by molar-refractivity contribution is 5.96. The molecule has 0 saturated carbocycles. The number of nitrogens with zero attached hydrogens (tertiary/aromatic N) is 2. The summed E-state index contributed by atoms with van der Waals surface area (Å²) in [6.45, 7) is 1.91. The zero-order chi connectivity index (χ0) is 15.7. The average molecular weight is 332 g/mol. The molecule has 1 aliphatic rings. The lowest BCUT2D eigenvalue weighted by Crippen LogP contribution is -2.29. The highest BCUT2D eigenvalue weighted by atomic mass is 35.5. The molecule has 0 atom stereocenters. The first-order chi connectivity index (χ1) is 10.6. The van der Waals surface area contributed by atoms with E-state index in [0.717, 1.165) is 16.9 Å². The molecule has 2 aromatic carbocycles. The summed E-state index contributed by atoms with van der Waals surface area (Å²) in [5.41, 5.74) is 5.69. The number of nitrogens with two attached hydrogens (primary N) is 1. The number of aliphatic imine (C=N–C) groups is 1. The molecule has 4 N–H and O–H groups in total. The molecule has 0 radical (unpaired) electrons. The summed E-state index contributed by atoms with van der Waals surface area (Å²) in [4.78, 5) is 15.9. The second kappa shape index (κ2) is 6.60. The standard InChI is InChI=1S/C16H14N4O2.ClH/c1-10-2-3-12(15(21)6-10)8-20-9-18-13-5-4-11(7-14(13)20)16(22)19-17;/h2-9H,17H2,1H3,(H,19,22);1H/p+1. The molecule has 1 heterocycles. The SMILES string of the molecule is Cc1ccc(C=[N+]2C=Nc3ccc(C(=O)NN)cc32)c(O)c1.Cl. The van der Waals surface area contributed by atoms with Gasteiger partial charge < -0.3 is 5.11 Å². The molecule has 3 rings (SSSR count). The molecule has 0 spiro atoms. The van der Waals surface area contributed by atoms with Gasteiger partial charge in [-0.1, -0.05) is 6.07 Å². The van der Waals surface area contributed by atoms with Gasteiger partial charge in [0.1, 0.15) is 12.0 Å². The lowest BCUT2D eigenvalue weighted by atomic mass is 10.1. The fraction of sp³-hybridized carbons (Fsp3) is 0.0625. The number of benzene rings is 2. The number of carbonyl (C=O) groups excluding carboxylic acids is 1. The molecule has 0 unspecified atom stereocenters. The van der Waals surface area contributed by atoms with E-state index in [-0.39, 0.29) is 24.1 Å². The van der Waals surface area contributed by atoms with E-state index in [0.29, 0.717) is 11.1 Å². The van der Waals surface area contributed by atoms with E-state index < -0.39 is 0 Å². The van der Waals surface area contributed by atoms with Gasteiger partial charge in [0.25, 0.3) is 12.2 Å². The van der Waals surface area contributed by atoms with Crippen LogP contribution in [0.3, 0.4) is 0 Å². The predicted molar refractivity (Wildman–Crippen MR) is 91.4 cm³/mol. The van der Waals surface area contributed by atoms with Gasteiger partial charge in [-0.3, -0.25) is 10.2 Å². The zero-order valence-electron chi connectivity index (χ0n) is 12.4. The van der Waals surface area contributed by atoms with Crippen LogP contribution in [0, 0.1) is 6.92 Å². The summed E-state index contributed by atoms with van der Waals surface area (Å²) < 4.78 is 1.76. The van der Waals surface area contributed by atoms with Gasteiger partial charge in [0.2, 0.25) is 5.69 Å². The Morgan fingerprint density at radius 3 is 2.78 bits per heavy atom. The van der Waals surface area contributed by atoms with Crippen molar-refractivity contribution >= 4 is 42.2 Å². The van der Waals surface area contributed by atoms with Crippen LogP contribution in [0.2, 0.25) is 0 Å². The Morgan fingerprint density at radius 2 is 2.09 bits per heavy atom. The number of rotatable bonds is 2. The summed E-state index contributed by atoms with van der Waals surface area (Å²) in [6.07, 6.45) is 3.39. The Balaban J connectivity index is 0.00000192. The van der Waals surface area contributed by atoms with Crippen molar-refractivity contribution in [2.75, 3.05) is 0 Å². The van der Waals surface area contributed by atoms with Gasteiger partial charge in [-0.2, -0.15) is 4.58 Å². The van der Waals surface area contributed by atoms with Crippen molar-refractivity contribution in [2.45, 2.75) is 6.92 Å². The normalized spacial score (nSPS) is 13.6. The van der Waals surface area contributed by atoms with Crippen molar-refractivity contribution in [2.24, 2.45) is 10.8 Å². The van der Waals surface area contributed by atoms with Crippen LogP contribution in [-0.2, 0) is 0 Å². The smallest absolute Gasteiger partial charge is 0.292 e. The fourth-order valence-electron chi connectivity index (χ4n) is 2.27. The van der Waals surface area contributed by atoms with Gasteiger partial charge in [-0.05, 0) is 41.7 Å². The van der Waals surface area contributed by atoms with Crippen LogP contribution in [0.1, 0.15) is 21.5 Å². The van der Waals surface area contributed by atoms with E-state index in [1.54, 1.807) is 41.4 Å². The van der Waals surface area contributed by atoms with Crippen molar-refractivity contribution in [1.82, 2.24) is 5.43 Å². The average Bonchev–Trinajstić information content (AvgIpc) is 2.91. The Labute approximate surface area is 139 Å². The molecule has 0 bridgehead atoms. The maximum atomic E-state index is 11.6. The number of carbonyl (C=O) groups is 1. The molecule has 1 aliphatic heterocycles. The third kappa shape index (κ3) is 3.23. The molecule has 118 valence electrons. The van der Waals surface area contributed by atoms with E-state index in [2.05, 4.69) is 10.4 Å². The number of halogens is 1. The largest absolute Gasteiger partial charge is 0.507 e. The van der Waals surface area contributed by atoms with E-state index in [1.807, 2.05) is 19.1 Å². The predicted octanol–water partition coefficient (Wildman–Crippen LogP) is 2.16. The summed E-state index contributed by atoms with van der Waals surface area (Å²) >= 11 is 0. The minimum Gasteiger partial charge on any atom is -0.507 e. The number of nitrogen functional groups attached to an aromatic ring is 1. The van der Waals surface area contributed by atoms with Crippen LogP contribution < -0.4 is 11.3 Å². The van der Waals surface area contributed by atoms with Crippen molar-refractivity contribution in [3.8, 4) is 5.75 Å². The molecule has 0 aliphatic carbocycles.